The van der Waals surface area contributed by atoms with E-state index in [0.717, 1.165) is 18.7 Å². The van der Waals surface area contributed by atoms with E-state index in [1.165, 1.54) is 25.9 Å². The van der Waals surface area contributed by atoms with Crippen LogP contribution in [0.25, 0.3) is 11.5 Å². The van der Waals surface area contributed by atoms with Crippen LogP contribution < -0.4 is 4.90 Å². The van der Waals surface area contributed by atoms with E-state index in [1.54, 1.807) is 0 Å². The number of halogens is 1. The highest BCUT2D eigenvalue weighted by Gasteiger charge is 2.31. The molecule has 112 valence electrons. The number of nitrogens with zero attached hydrogens (tertiary/aromatic N) is 4. The Labute approximate surface area is 130 Å². The standard InChI is InChI=1S/C15H18N4O.ClH/c1-2-4-12(5-3-1)14-16-17-15(20-14)19-11-10-18-8-6-13(19)7-9-18;/h1-5,13H,6-11H2;1H. The van der Waals surface area contributed by atoms with Crippen molar-refractivity contribution in [2.75, 3.05) is 31.1 Å². The molecule has 21 heavy (non-hydrogen) atoms. The Morgan fingerprint density at radius 1 is 0.952 bits per heavy atom. The monoisotopic (exact) mass is 306 g/mol. The second-order valence-electron chi connectivity index (χ2n) is 5.52. The largest absolute Gasteiger partial charge is 0.403 e. The average Bonchev–Trinajstić information content (AvgIpc) is 2.81. The summed E-state index contributed by atoms with van der Waals surface area (Å²) in [4.78, 5) is 4.82. The van der Waals surface area contributed by atoms with Gasteiger partial charge in [0.05, 0.1) is 0 Å². The number of piperidine rings is 1. The maximum atomic E-state index is 5.90. The minimum absolute atomic E-state index is 0. The van der Waals surface area contributed by atoms with Crippen molar-refractivity contribution in [2.45, 2.75) is 18.9 Å². The van der Waals surface area contributed by atoms with E-state index in [1.807, 2.05) is 30.3 Å². The molecule has 1 aromatic heterocycles. The van der Waals surface area contributed by atoms with Gasteiger partial charge in [0.2, 0.25) is 5.89 Å². The van der Waals surface area contributed by atoms with Crippen LogP contribution in [0.2, 0.25) is 0 Å². The van der Waals surface area contributed by atoms with E-state index in [0.29, 0.717) is 17.9 Å². The van der Waals surface area contributed by atoms with Gasteiger partial charge in [0.1, 0.15) is 0 Å². The summed E-state index contributed by atoms with van der Waals surface area (Å²) < 4.78 is 5.90. The average molecular weight is 307 g/mol. The molecule has 0 aliphatic carbocycles. The number of hydrogen-bond donors (Lipinski definition) is 0. The van der Waals surface area contributed by atoms with Crippen molar-refractivity contribution in [2.24, 2.45) is 0 Å². The first-order valence-electron chi connectivity index (χ1n) is 7.28. The van der Waals surface area contributed by atoms with Crippen LogP contribution in [-0.2, 0) is 0 Å². The fourth-order valence-corrected chi connectivity index (χ4v) is 3.17. The van der Waals surface area contributed by atoms with Crippen molar-refractivity contribution >= 4 is 18.4 Å². The molecule has 0 saturated carbocycles. The maximum absolute atomic E-state index is 5.90. The molecule has 3 fully saturated rings. The zero-order chi connectivity index (χ0) is 13.4. The first kappa shape index (κ1) is 14.4. The Balaban J connectivity index is 0.00000132. The molecular weight excluding hydrogens is 288 g/mol. The fourth-order valence-electron chi connectivity index (χ4n) is 3.17. The van der Waals surface area contributed by atoms with Gasteiger partial charge in [-0.3, -0.25) is 0 Å². The molecule has 5 rings (SSSR count). The highest BCUT2D eigenvalue weighted by Crippen LogP contribution is 2.28. The van der Waals surface area contributed by atoms with Crippen molar-refractivity contribution in [3.8, 4) is 11.5 Å². The van der Waals surface area contributed by atoms with Gasteiger partial charge in [-0.2, -0.15) is 0 Å². The third-order valence-corrected chi connectivity index (χ3v) is 4.34. The molecule has 0 spiro atoms. The van der Waals surface area contributed by atoms with E-state index in [-0.39, 0.29) is 12.4 Å². The Morgan fingerprint density at radius 3 is 2.48 bits per heavy atom. The van der Waals surface area contributed by atoms with Crippen molar-refractivity contribution < 1.29 is 4.42 Å². The minimum atomic E-state index is 0. The SMILES string of the molecule is Cl.c1ccc(-c2nnc(N3CCN4CCC3CC4)o2)cc1. The Bertz CT molecular complexity index is 580. The predicted octanol–water partition coefficient (Wildman–Crippen LogP) is 2.44. The Hall–Kier alpha value is -1.59. The van der Waals surface area contributed by atoms with E-state index >= 15 is 0 Å². The molecule has 4 heterocycles. The van der Waals surface area contributed by atoms with E-state index in [2.05, 4.69) is 20.0 Å². The third kappa shape index (κ3) is 2.76. The molecule has 0 unspecified atom stereocenters. The van der Waals surface area contributed by atoms with Crippen LogP contribution in [0.15, 0.2) is 34.7 Å². The lowest BCUT2D eigenvalue weighted by Gasteiger charge is -2.29. The number of anilines is 1. The van der Waals surface area contributed by atoms with Gasteiger partial charge in [0.25, 0.3) is 0 Å². The highest BCUT2D eigenvalue weighted by atomic mass is 35.5. The molecule has 1 aromatic carbocycles. The summed E-state index contributed by atoms with van der Waals surface area (Å²) in [6.45, 7) is 4.47. The minimum Gasteiger partial charge on any atom is -0.403 e. The van der Waals surface area contributed by atoms with Crippen LogP contribution in [0, 0.1) is 0 Å². The van der Waals surface area contributed by atoms with Gasteiger partial charge in [0, 0.05) is 37.8 Å². The lowest BCUT2D eigenvalue weighted by atomic mass is 10.1. The lowest BCUT2D eigenvalue weighted by molar-refractivity contribution is 0.249. The fraction of sp³-hybridized carbons (Fsp3) is 0.467. The quantitative estimate of drug-likeness (QED) is 0.853. The molecule has 3 saturated heterocycles. The van der Waals surface area contributed by atoms with Gasteiger partial charge in [-0.1, -0.05) is 23.3 Å². The second kappa shape index (κ2) is 6.03. The maximum Gasteiger partial charge on any atom is 0.318 e. The molecule has 6 heteroatoms. The number of benzene rings is 1. The van der Waals surface area contributed by atoms with Gasteiger partial charge in [-0.25, -0.2) is 0 Å². The molecule has 0 atom stereocenters. The van der Waals surface area contributed by atoms with E-state index in [9.17, 15) is 0 Å². The van der Waals surface area contributed by atoms with Crippen molar-refractivity contribution in [3.05, 3.63) is 30.3 Å². The first-order chi connectivity index (χ1) is 9.90. The molecule has 3 aliphatic heterocycles. The molecule has 2 aromatic rings. The summed E-state index contributed by atoms with van der Waals surface area (Å²) in [7, 11) is 0. The van der Waals surface area contributed by atoms with Crippen molar-refractivity contribution in [1.29, 1.82) is 0 Å². The van der Waals surface area contributed by atoms with Gasteiger partial charge < -0.3 is 14.2 Å². The molecule has 0 radical (unpaired) electrons. The van der Waals surface area contributed by atoms with Crippen LogP contribution >= 0.6 is 12.4 Å². The van der Waals surface area contributed by atoms with Gasteiger partial charge in [0.15, 0.2) is 0 Å². The molecule has 0 amide bonds. The zero-order valence-corrected chi connectivity index (χ0v) is 12.6. The molecule has 5 nitrogen and oxygen atoms in total. The van der Waals surface area contributed by atoms with Crippen LogP contribution in [-0.4, -0.2) is 47.3 Å². The summed E-state index contributed by atoms with van der Waals surface area (Å²) in [6.07, 6.45) is 2.39. The second-order valence-corrected chi connectivity index (χ2v) is 5.52. The Kier molecular flexibility index (Phi) is 4.12. The Morgan fingerprint density at radius 2 is 1.71 bits per heavy atom. The third-order valence-electron chi connectivity index (χ3n) is 4.34. The predicted molar refractivity (Wildman–Crippen MR) is 83.8 cm³/mol. The smallest absolute Gasteiger partial charge is 0.318 e. The van der Waals surface area contributed by atoms with Crippen molar-refractivity contribution in [1.82, 2.24) is 15.1 Å². The molecule has 0 N–H and O–H groups in total. The zero-order valence-electron chi connectivity index (χ0n) is 11.8. The summed E-state index contributed by atoms with van der Waals surface area (Å²) >= 11 is 0. The molecular formula is C15H19ClN4O. The van der Waals surface area contributed by atoms with Crippen LogP contribution in [0.4, 0.5) is 6.01 Å². The van der Waals surface area contributed by atoms with Gasteiger partial charge >= 0.3 is 6.01 Å². The van der Waals surface area contributed by atoms with Crippen LogP contribution in [0.5, 0.6) is 0 Å². The normalized spacial score (nSPS) is 24.5. The summed E-state index contributed by atoms with van der Waals surface area (Å²) in [5, 5.41) is 8.47. The summed E-state index contributed by atoms with van der Waals surface area (Å²) in [5.74, 6) is 0.611. The number of hydrogen-bond acceptors (Lipinski definition) is 5. The van der Waals surface area contributed by atoms with Gasteiger partial charge in [-0.05, 0) is 25.0 Å². The summed E-state index contributed by atoms with van der Waals surface area (Å²) in [5.41, 5.74) is 0.981. The van der Waals surface area contributed by atoms with Crippen molar-refractivity contribution in [3.63, 3.8) is 0 Å². The number of fused-ring (bicyclic) bond motifs is 4. The summed E-state index contributed by atoms with van der Waals surface area (Å²) in [6, 6.07) is 11.2. The molecule has 2 bridgehead atoms. The topological polar surface area (TPSA) is 45.4 Å². The molecule has 3 aliphatic rings. The van der Waals surface area contributed by atoms with E-state index in [4.69, 9.17) is 4.42 Å². The first-order valence-corrected chi connectivity index (χ1v) is 7.28. The number of aromatic nitrogens is 2. The highest BCUT2D eigenvalue weighted by molar-refractivity contribution is 5.85. The van der Waals surface area contributed by atoms with E-state index < -0.39 is 0 Å². The van der Waals surface area contributed by atoms with Crippen LogP contribution in [0.3, 0.4) is 0 Å². The van der Waals surface area contributed by atoms with Gasteiger partial charge in [-0.15, -0.1) is 17.5 Å². The lowest BCUT2D eigenvalue weighted by Crippen LogP contribution is -2.38. The van der Waals surface area contributed by atoms with Crippen LogP contribution in [0.1, 0.15) is 12.8 Å². The number of rotatable bonds is 2.